The van der Waals surface area contributed by atoms with Gasteiger partial charge in [0.2, 0.25) is 5.91 Å². The number of amides is 1. The molecule has 1 aromatic carbocycles. The van der Waals surface area contributed by atoms with Crippen LogP contribution in [0.5, 0.6) is 0 Å². The van der Waals surface area contributed by atoms with E-state index in [2.05, 4.69) is 0 Å². The molecule has 1 aromatic rings. The fraction of sp³-hybridized carbons (Fsp3) is 0.417. The second-order valence-electron chi connectivity index (χ2n) is 5.13. The van der Waals surface area contributed by atoms with Crippen LogP contribution in [0.1, 0.15) is 12.0 Å². The van der Waals surface area contributed by atoms with Gasteiger partial charge in [-0.3, -0.25) is 14.9 Å². The van der Waals surface area contributed by atoms with Gasteiger partial charge in [-0.05, 0) is 18.6 Å². The molecule has 1 fully saturated rings. The highest BCUT2D eigenvalue weighted by Gasteiger charge is 2.37. The molecule has 22 heavy (non-hydrogen) atoms. The largest absolute Gasteiger partial charge is 0.306 e. The number of carbonyl (C=O) groups is 1. The molecule has 10 heteroatoms. The molecule has 0 N–H and O–H groups in total. The molecule has 2 rings (SSSR count). The molecule has 1 atom stereocenters. The summed E-state index contributed by atoms with van der Waals surface area (Å²) in [6.45, 7) is 1.46. The molecule has 1 aliphatic rings. The van der Waals surface area contributed by atoms with Crippen LogP contribution in [0.4, 0.5) is 15.3 Å². The quantitative estimate of drug-likeness (QED) is 0.471. The fourth-order valence-corrected chi connectivity index (χ4v) is 3.65. The summed E-state index contributed by atoms with van der Waals surface area (Å²) in [5, 5.41) is 11.3. The minimum absolute atomic E-state index is 0.0677. The average molecular weight is 351 g/mol. The molecule has 7 nitrogen and oxygen atoms in total. The van der Waals surface area contributed by atoms with Crippen LogP contribution in [0.2, 0.25) is 5.02 Å². The first kappa shape index (κ1) is 16.6. The van der Waals surface area contributed by atoms with Crippen LogP contribution in [0, 0.1) is 23.0 Å². The summed E-state index contributed by atoms with van der Waals surface area (Å²) >= 11 is 5.79. The van der Waals surface area contributed by atoms with Crippen molar-refractivity contribution in [2.75, 3.05) is 17.2 Å². The molecule has 0 radical (unpaired) electrons. The number of rotatable bonds is 4. The molecular formula is C12H12ClFN2O5S. The molecule has 0 aliphatic carbocycles. The van der Waals surface area contributed by atoms with Crippen molar-refractivity contribution in [3.8, 4) is 0 Å². The number of nitro benzene ring substituents is 1. The summed E-state index contributed by atoms with van der Waals surface area (Å²) in [7, 11) is -4.71. The highest BCUT2D eigenvalue weighted by atomic mass is 35.5. The van der Waals surface area contributed by atoms with Crippen molar-refractivity contribution in [2.24, 2.45) is 5.92 Å². The number of aryl methyl sites for hydroxylation is 1. The maximum atomic E-state index is 12.8. The second-order valence-corrected chi connectivity index (χ2v) is 6.97. The van der Waals surface area contributed by atoms with Crippen molar-refractivity contribution < 1.29 is 22.0 Å². The Hall–Kier alpha value is -1.74. The fourth-order valence-electron chi connectivity index (χ4n) is 2.60. The smallest absolute Gasteiger partial charge is 0.302 e. The van der Waals surface area contributed by atoms with Gasteiger partial charge in [0, 0.05) is 30.0 Å². The van der Waals surface area contributed by atoms with Crippen LogP contribution in [-0.4, -0.2) is 31.5 Å². The summed E-state index contributed by atoms with van der Waals surface area (Å²) in [5.41, 5.74) is 0.136. The maximum absolute atomic E-state index is 12.8. The summed E-state index contributed by atoms with van der Waals surface area (Å²) in [5.74, 6) is -2.00. The van der Waals surface area contributed by atoms with Crippen molar-refractivity contribution in [1.29, 1.82) is 0 Å². The number of hydrogen-bond acceptors (Lipinski definition) is 5. The first-order chi connectivity index (χ1) is 10.1. The Bertz CT molecular complexity index is 752. The predicted molar refractivity (Wildman–Crippen MR) is 78.2 cm³/mol. The lowest BCUT2D eigenvalue weighted by Crippen LogP contribution is -2.27. The van der Waals surface area contributed by atoms with Crippen molar-refractivity contribution in [3.63, 3.8) is 0 Å². The standard InChI is InChI=1S/C12H12ClFN2O5S/c1-7-2-9(13)4-10(16(18)19)12(7)15-5-8(3-11(15)17)6-22(14,20)21/h2,4,8H,3,5-6H2,1H3. The van der Waals surface area contributed by atoms with E-state index in [4.69, 9.17) is 11.6 Å². The maximum Gasteiger partial charge on any atom is 0.302 e. The monoisotopic (exact) mass is 350 g/mol. The van der Waals surface area contributed by atoms with Crippen molar-refractivity contribution in [3.05, 3.63) is 32.8 Å². The number of halogens is 2. The van der Waals surface area contributed by atoms with Crippen LogP contribution >= 0.6 is 11.6 Å². The Morgan fingerprint density at radius 3 is 2.68 bits per heavy atom. The molecule has 1 heterocycles. The highest BCUT2D eigenvalue weighted by Crippen LogP contribution is 2.38. The minimum atomic E-state index is -4.71. The van der Waals surface area contributed by atoms with E-state index in [1.165, 1.54) is 6.07 Å². The molecule has 0 spiro atoms. The van der Waals surface area contributed by atoms with Gasteiger partial charge in [-0.15, -0.1) is 3.89 Å². The first-order valence-corrected chi connectivity index (χ1v) is 8.19. The van der Waals surface area contributed by atoms with Gasteiger partial charge in [-0.1, -0.05) is 11.6 Å². The third-order valence-electron chi connectivity index (χ3n) is 3.35. The summed E-state index contributed by atoms with van der Waals surface area (Å²) in [6.07, 6.45) is -0.178. The van der Waals surface area contributed by atoms with Crippen LogP contribution < -0.4 is 4.90 Å². The molecule has 1 aliphatic heterocycles. The zero-order valence-electron chi connectivity index (χ0n) is 11.5. The van der Waals surface area contributed by atoms with E-state index in [1.54, 1.807) is 6.92 Å². The Kier molecular flexibility index (Phi) is 4.39. The van der Waals surface area contributed by atoms with Crippen molar-refractivity contribution in [2.45, 2.75) is 13.3 Å². The van der Waals surface area contributed by atoms with Gasteiger partial charge in [-0.25, -0.2) is 0 Å². The molecule has 0 aromatic heterocycles. The number of benzene rings is 1. The normalized spacial score (nSPS) is 18.8. The lowest BCUT2D eigenvalue weighted by molar-refractivity contribution is -0.384. The average Bonchev–Trinajstić information content (AvgIpc) is 2.66. The van der Waals surface area contributed by atoms with Crippen LogP contribution in [-0.2, 0) is 15.0 Å². The Labute approximate surface area is 131 Å². The third kappa shape index (κ3) is 3.53. The van der Waals surface area contributed by atoms with Gasteiger partial charge in [0.25, 0.3) is 5.69 Å². The third-order valence-corrected chi connectivity index (χ3v) is 4.44. The van der Waals surface area contributed by atoms with Crippen molar-refractivity contribution in [1.82, 2.24) is 0 Å². The number of hydrogen-bond donors (Lipinski definition) is 0. The van der Waals surface area contributed by atoms with Crippen molar-refractivity contribution >= 4 is 39.1 Å². The minimum Gasteiger partial charge on any atom is -0.306 e. The van der Waals surface area contributed by atoms with Gasteiger partial charge in [0.05, 0.1) is 10.7 Å². The van der Waals surface area contributed by atoms with E-state index in [0.29, 0.717) is 5.56 Å². The zero-order valence-corrected chi connectivity index (χ0v) is 13.0. The zero-order chi connectivity index (χ0) is 16.7. The molecule has 1 unspecified atom stereocenters. The number of anilines is 1. The van der Waals surface area contributed by atoms with Gasteiger partial charge in [0.1, 0.15) is 5.69 Å². The van der Waals surface area contributed by atoms with Gasteiger partial charge < -0.3 is 4.90 Å². The van der Waals surface area contributed by atoms with E-state index in [-0.39, 0.29) is 29.4 Å². The number of carbonyl (C=O) groups excluding carboxylic acids is 1. The van der Waals surface area contributed by atoms with Crippen LogP contribution in [0.15, 0.2) is 12.1 Å². The lowest BCUT2D eigenvalue weighted by atomic mass is 10.1. The molecule has 0 saturated carbocycles. The SMILES string of the molecule is Cc1cc(Cl)cc([N+](=O)[O-])c1N1CC(CS(=O)(=O)F)CC1=O. The van der Waals surface area contributed by atoms with E-state index in [1.807, 2.05) is 0 Å². The van der Waals surface area contributed by atoms with E-state index < -0.39 is 32.7 Å². The topological polar surface area (TPSA) is 97.6 Å². The Balaban J connectivity index is 2.40. The van der Waals surface area contributed by atoms with Gasteiger partial charge in [-0.2, -0.15) is 8.42 Å². The molecule has 120 valence electrons. The number of nitrogens with zero attached hydrogens (tertiary/aromatic N) is 2. The van der Waals surface area contributed by atoms with E-state index in [9.17, 15) is 27.2 Å². The van der Waals surface area contributed by atoms with Gasteiger partial charge in [0.15, 0.2) is 0 Å². The highest BCUT2D eigenvalue weighted by molar-refractivity contribution is 7.86. The van der Waals surface area contributed by atoms with E-state index in [0.717, 1.165) is 11.0 Å². The Morgan fingerprint density at radius 2 is 2.14 bits per heavy atom. The van der Waals surface area contributed by atoms with E-state index >= 15 is 0 Å². The number of nitro groups is 1. The lowest BCUT2D eigenvalue weighted by Gasteiger charge is -2.19. The molecule has 1 amide bonds. The summed E-state index contributed by atoms with van der Waals surface area (Å²) in [6, 6.07) is 2.59. The molecule has 0 bridgehead atoms. The summed E-state index contributed by atoms with van der Waals surface area (Å²) in [4.78, 5) is 23.6. The predicted octanol–water partition coefficient (Wildman–Crippen LogP) is 2.21. The summed E-state index contributed by atoms with van der Waals surface area (Å²) < 4.78 is 34.2. The Morgan fingerprint density at radius 1 is 1.50 bits per heavy atom. The van der Waals surface area contributed by atoms with Gasteiger partial charge >= 0.3 is 10.2 Å². The molecular weight excluding hydrogens is 339 g/mol. The second kappa shape index (κ2) is 5.81. The van der Waals surface area contributed by atoms with Crippen LogP contribution in [0.3, 0.4) is 0 Å². The van der Waals surface area contributed by atoms with Crippen LogP contribution in [0.25, 0.3) is 0 Å². The molecule has 1 saturated heterocycles. The first-order valence-electron chi connectivity index (χ1n) is 6.25.